The molecule has 3 rings (SSSR count). The molecule has 2 aliphatic heterocycles. The second-order valence-electron chi connectivity index (χ2n) is 6.87. The maximum Gasteiger partial charge on any atom is 0.222 e. The van der Waals surface area contributed by atoms with Gasteiger partial charge in [0, 0.05) is 38.3 Å². The van der Waals surface area contributed by atoms with Crippen LogP contribution in [0.2, 0.25) is 0 Å². The molecule has 0 aromatic heterocycles. The first-order chi connectivity index (χ1) is 12.0. The zero-order valence-electron chi connectivity index (χ0n) is 14.7. The van der Waals surface area contributed by atoms with Crippen LogP contribution in [-0.2, 0) is 14.6 Å². The number of nitrogens with zero attached hydrogens (tertiary/aromatic N) is 2. The Balaban J connectivity index is 1.44. The Bertz CT molecular complexity index is 694. The second-order valence-corrected chi connectivity index (χ2v) is 9.10. The van der Waals surface area contributed by atoms with E-state index in [4.69, 9.17) is 4.74 Å². The predicted octanol–water partition coefficient (Wildman–Crippen LogP) is 1.56. The Morgan fingerprint density at radius 1 is 1.16 bits per heavy atom. The molecule has 25 heavy (non-hydrogen) atoms. The van der Waals surface area contributed by atoms with E-state index in [9.17, 15) is 13.2 Å². The number of benzene rings is 1. The van der Waals surface area contributed by atoms with Crippen molar-refractivity contribution < 1.29 is 17.9 Å². The summed E-state index contributed by atoms with van der Waals surface area (Å²) in [5.41, 5.74) is 1.14. The van der Waals surface area contributed by atoms with E-state index in [0.717, 1.165) is 24.5 Å². The average molecular weight is 366 g/mol. The molecule has 1 unspecified atom stereocenters. The number of carbonyl (C=O) groups is 1. The van der Waals surface area contributed by atoms with Gasteiger partial charge in [-0.15, -0.1) is 0 Å². The van der Waals surface area contributed by atoms with E-state index in [0.29, 0.717) is 32.4 Å². The first-order valence-corrected chi connectivity index (χ1v) is 10.7. The molecule has 2 saturated heterocycles. The summed E-state index contributed by atoms with van der Waals surface area (Å²) < 4.78 is 28.2. The zero-order valence-corrected chi connectivity index (χ0v) is 15.5. The fourth-order valence-electron chi connectivity index (χ4n) is 3.59. The van der Waals surface area contributed by atoms with E-state index >= 15 is 0 Å². The Kier molecular flexibility index (Phi) is 5.51. The summed E-state index contributed by atoms with van der Waals surface area (Å²) >= 11 is 0. The van der Waals surface area contributed by atoms with Gasteiger partial charge < -0.3 is 14.5 Å². The molecule has 1 aromatic rings. The zero-order chi connectivity index (χ0) is 17.9. The molecule has 0 saturated carbocycles. The Hall–Kier alpha value is -1.76. The average Bonchev–Trinajstić information content (AvgIpc) is 2.99. The summed E-state index contributed by atoms with van der Waals surface area (Å²) in [5.74, 6) is 1.69. The number of ether oxygens (including phenoxy) is 1. The maximum atomic E-state index is 12.4. The molecule has 0 bridgehead atoms. The standard InChI is InChI=1S/C18H26N2O4S/c1-24-17-5-3-16(4-6-17)19-9-11-20(12-10-19)18(21)7-2-15-8-13-25(22,23)14-15/h3-6,15H,2,7-14H2,1H3. The van der Waals surface area contributed by atoms with Crippen molar-refractivity contribution in [2.24, 2.45) is 5.92 Å². The summed E-state index contributed by atoms with van der Waals surface area (Å²) in [6, 6.07) is 7.97. The molecule has 6 nitrogen and oxygen atoms in total. The monoisotopic (exact) mass is 366 g/mol. The predicted molar refractivity (Wildman–Crippen MR) is 97.8 cm³/mol. The van der Waals surface area contributed by atoms with Crippen LogP contribution < -0.4 is 9.64 Å². The lowest BCUT2D eigenvalue weighted by atomic mass is 10.0. The van der Waals surface area contributed by atoms with Crippen molar-refractivity contribution >= 4 is 21.4 Å². The van der Waals surface area contributed by atoms with Gasteiger partial charge in [0.05, 0.1) is 18.6 Å². The third-order valence-electron chi connectivity index (χ3n) is 5.16. The number of rotatable bonds is 5. The molecule has 2 aliphatic rings. The summed E-state index contributed by atoms with van der Waals surface area (Å²) in [4.78, 5) is 16.6. The fourth-order valence-corrected chi connectivity index (χ4v) is 5.50. The number of methoxy groups -OCH3 is 1. The van der Waals surface area contributed by atoms with E-state index in [2.05, 4.69) is 4.90 Å². The molecular weight excluding hydrogens is 340 g/mol. The van der Waals surface area contributed by atoms with Crippen molar-refractivity contribution in [1.82, 2.24) is 4.90 Å². The van der Waals surface area contributed by atoms with Gasteiger partial charge in [-0.3, -0.25) is 4.79 Å². The van der Waals surface area contributed by atoms with Gasteiger partial charge in [-0.05, 0) is 43.0 Å². The molecule has 2 heterocycles. The highest BCUT2D eigenvalue weighted by Crippen LogP contribution is 2.24. The van der Waals surface area contributed by atoms with Crippen LogP contribution in [0.3, 0.4) is 0 Å². The Labute approximate surface area is 149 Å². The van der Waals surface area contributed by atoms with Gasteiger partial charge in [0.1, 0.15) is 5.75 Å². The highest BCUT2D eigenvalue weighted by molar-refractivity contribution is 7.91. The lowest BCUT2D eigenvalue weighted by Gasteiger charge is -2.36. The Morgan fingerprint density at radius 3 is 2.40 bits per heavy atom. The third-order valence-corrected chi connectivity index (χ3v) is 7.00. The first kappa shape index (κ1) is 18.0. The van der Waals surface area contributed by atoms with Crippen molar-refractivity contribution in [2.45, 2.75) is 19.3 Å². The van der Waals surface area contributed by atoms with E-state index < -0.39 is 9.84 Å². The normalized spacial score (nSPS) is 22.8. The molecule has 0 radical (unpaired) electrons. The van der Waals surface area contributed by atoms with Gasteiger partial charge in [0.25, 0.3) is 0 Å². The number of hydrogen-bond donors (Lipinski definition) is 0. The van der Waals surface area contributed by atoms with Crippen LogP contribution in [0.15, 0.2) is 24.3 Å². The number of hydrogen-bond acceptors (Lipinski definition) is 5. The molecule has 1 atom stereocenters. The molecule has 0 N–H and O–H groups in total. The number of anilines is 1. The number of sulfone groups is 1. The summed E-state index contributed by atoms with van der Waals surface area (Å²) in [6.45, 7) is 3.06. The highest BCUT2D eigenvalue weighted by atomic mass is 32.2. The quantitative estimate of drug-likeness (QED) is 0.791. The van der Waals surface area contributed by atoms with E-state index in [1.54, 1.807) is 7.11 Å². The molecule has 0 aliphatic carbocycles. The van der Waals surface area contributed by atoms with Gasteiger partial charge in [-0.25, -0.2) is 8.42 Å². The molecular formula is C18H26N2O4S. The van der Waals surface area contributed by atoms with Crippen molar-refractivity contribution in [2.75, 3.05) is 49.7 Å². The number of piperazine rings is 1. The van der Waals surface area contributed by atoms with Crippen molar-refractivity contribution in [3.05, 3.63) is 24.3 Å². The summed E-state index contributed by atoms with van der Waals surface area (Å²) in [5, 5.41) is 0. The lowest BCUT2D eigenvalue weighted by molar-refractivity contribution is -0.131. The SMILES string of the molecule is COc1ccc(N2CCN(C(=O)CCC3CCS(=O)(=O)C3)CC2)cc1. The molecule has 2 fully saturated rings. The largest absolute Gasteiger partial charge is 0.497 e. The number of carbonyl (C=O) groups excluding carboxylic acids is 1. The summed E-state index contributed by atoms with van der Waals surface area (Å²) in [6.07, 6.45) is 1.86. The van der Waals surface area contributed by atoms with Crippen LogP contribution in [0.1, 0.15) is 19.3 Å². The topological polar surface area (TPSA) is 66.9 Å². The van der Waals surface area contributed by atoms with E-state index in [1.165, 1.54) is 0 Å². The second kappa shape index (κ2) is 7.64. The van der Waals surface area contributed by atoms with Crippen LogP contribution in [0.5, 0.6) is 5.75 Å². The minimum absolute atomic E-state index is 0.152. The van der Waals surface area contributed by atoms with Gasteiger partial charge in [-0.1, -0.05) is 0 Å². The van der Waals surface area contributed by atoms with Crippen LogP contribution in [0, 0.1) is 5.92 Å². The van der Waals surface area contributed by atoms with Crippen LogP contribution >= 0.6 is 0 Å². The number of amides is 1. The van der Waals surface area contributed by atoms with E-state index in [-0.39, 0.29) is 23.3 Å². The first-order valence-electron chi connectivity index (χ1n) is 8.84. The minimum atomic E-state index is -2.85. The van der Waals surface area contributed by atoms with Crippen molar-refractivity contribution in [3.63, 3.8) is 0 Å². The van der Waals surface area contributed by atoms with Gasteiger partial charge in [-0.2, -0.15) is 0 Å². The fraction of sp³-hybridized carbons (Fsp3) is 0.611. The molecule has 1 aromatic carbocycles. The van der Waals surface area contributed by atoms with Crippen LogP contribution in [0.25, 0.3) is 0 Å². The summed E-state index contributed by atoms with van der Waals surface area (Å²) in [7, 11) is -1.20. The van der Waals surface area contributed by atoms with Crippen LogP contribution in [-0.4, -0.2) is 64.0 Å². The Morgan fingerprint density at radius 2 is 1.84 bits per heavy atom. The molecule has 1 amide bonds. The molecule has 0 spiro atoms. The van der Waals surface area contributed by atoms with Gasteiger partial charge in [0.15, 0.2) is 9.84 Å². The van der Waals surface area contributed by atoms with Crippen molar-refractivity contribution in [3.8, 4) is 5.75 Å². The van der Waals surface area contributed by atoms with Crippen molar-refractivity contribution in [1.29, 1.82) is 0 Å². The molecule has 138 valence electrons. The highest BCUT2D eigenvalue weighted by Gasteiger charge is 2.29. The third kappa shape index (κ3) is 4.66. The molecule has 7 heteroatoms. The smallest absolute Gasteiger partial charge is 0.222 e. The van der Waals surface area contributed by atoms with Gasteiger partial charge in [0.2, 0.25) is 5.91 Å². The van der Waals surface area contributed by atoms with Gasteiger partial charge >= 0.3 is 0 Å². The maximum absolute atomic E-state index is 12.4. The van der Waals surface area contributed by atoms with E-state index in [1.807, 2.05) is 29.2 Å². The minimum Gasteiger partial charge on any atom is -0.497 e. The van der Waals surface area contributed by atoms with Crippen LogP contribution in [0.4, 0.5) is 5.69 Å². The lowest BCUT2D eigenvalue weighted by Crippen LogP contribution is -2.48.